The van der Waals surface area contributed by atoms with Crippen LogP contribution in [0.2, 0.25) is 5.02 Å². The standard InChI is InChI=1S/C26H32ClN7O/c1-3-9-33-10-5-18(6-11-33)19-13-17(2)24-22(14-19)31-25(32-24)23-21(4-7-29-26(23)35)28-8-12-34-16-20(27)15-30-34/h4,7,13-16,18H,3,5-6,8-12H2,1-2H3,(H,31,32)(H2,28,29,35). The summed E-state index contributed by atoms with van der Waals surface area (Å²) in [5.41, 5.74) is 5.44. The molecule has 35 heavy (non-hydrogen) atoms. The molecule has 0 unspecified atom stereocenters. The molecule has 8 nitrogen and oxygen atoms in total. The van der Waals surface area contributed by atoms with Crippen LogP contribution in [0.15, 0.2) is 41.6 Å². The highest BCUT2D eigenvalue weighted by molar-refractivity contribution is 6.30. The van der Waals surface area contributed by atoms with E-state index < -0.39 is 0 Å². The topological polar surface area (TPSA) is 94.6 Å². The molecule has 1 saturated heterocycles. The molecule has 0 saturated carbocycles. The van der Waals surface area contributed by atoms with Crippen molar-refractivity contribution in [3.05, 3.63) is 63.3 Å². The number of benzene rings is 1. The van der Waals surface area contributed by atoms with E-state index in [1.165, 1.54) is 31.4 Å². The lowest BCUT2D eigenvalue weighted by molar-refractivity contribution is 0.213. The largest absolute Gasteiger partial charge is 0.382 e. The number of aromatic amines is 2. The van der Waals surface area contributed by atoms with Crippen LogP contribution in [-0.2, 0) is 6.54 Å². The first kappa shape index (κ1) is 23.6. The maximum Gasteiger partial charge on any atom is 0.261 e. The van der Waals surface area contributed by atoms with Crippen LogP contribution in [0.25, 0.3) is 22.4 Å². The van der Waals surface area contributed by atoms with E-state index >= 15 is 0 Å². The molecular formula is C26H32ClN7O. The number of anilines is 1. The number of nitrogens with one attached hydrogen (secondary N) is 3. The van der Waals surface area contributed by atoms with E-state index in [1.54, 1.807) is 23.3 Å². The third kappa shape index (κ3) is 5.13. The minimum atomic E-state index is -0.183. The minimum absolute atomic E-state index is 0.183. The molecule has 1 fully saturated rings. The molecule has 1 aromatic carbocycles. The normalized spacial score (nSPS) is 15.2. The molecule has 3 N–H and O–H groups in total. The molecule has 0 amide bonds. The number of fused-ring (bicyclic) bond motifs is 1. The summed E-state index contributed by atoms with van der Waals surface area (Å²) in [5, 5.41) is 8.16. The van der Waals surface area contributed by atoms with Gasteiger partial charge in [-0.05, 0) is 75.0 Å². The van der Waals surface area contributed by atoms with Gasteiger partial charge >= 0.3 is 0 Å². The summed E-state index contributed by atoms with van der Waals surface area (Å²) in [7, 11) is 0. The van der Waals surface area contributed by atoms with Crippen molar-refractivity contribution in [2.75, 3.05) is 31.5 Å². The highest BCUT2D eigenvalue weighted by Gasteiger charge is 2.22. The zero-order chi connectivity index (χ0) is 24.4. The summed E-state index contributed by atoms with van der Waals surface area (Å²) < 4.78 is 1.76. The number of rotatable bonds is 8. The first-order chi connectivity index (χ1) is 17.0. The van der Waals surface area contributed by atoms with Crippen molar-refractivity contribution in [1.82, 2.24) is 29.6 Å². The van der Waals surface area contributed by atoms with Gasteiger partial charge in [-0.3, -0.25) is 9.48 Å². The molecule has 0 aliphatic carbocycles. The summed E-state index contributed by atoms with van der Waals surface area (Å²) >= 11 is 5.95. The number of halogens is 1. The third-order valence-corrected chi connectivity index (χ3v) is 7.05. The van der Waals surface area contributed by atoms with Gasteiger partial charge in [-0.25, -0.2) is 4.98 Å². The van der Waals surface area contributed by atoms with E-state index in [1.807, 2.05) is 6.07 Å². The van der Waals surface area contributed by atoms with Crippen molar-refractivity contribution >= 4 is 28.3 Å². The third-order valence-electron chi connectivity index (χ3n) is 6.85. The predicted molar refractivity (Wildman–Crippen MR) is 141 cm³/mol. The van der Waals surface area contributed by atoms with Crippen molar-refractivity contribution in [2.24, 2.45) is 0 Å². The van der Waals surface area contributed by atoms with Crippen LogP contribution in [0.3, 0.4) is 0 Å². The maximum absolute atomic E-state index is 12.8. The molecular weight excluding hydrogens is 462 g/mol. The SMILES string of the molecule is CCCN1CCC(c2cc(C)c3nc(-c4c(NCCn5cc(Cl)cn5)cc[nH]c4=O)[nH]c3c2)CC1. The molecule has 3 aromatic heterocycles. The van der Waals surface area contributed by atoms with Crippen LogP contribution >= 0.6 is 11.6 Å². The van der Waals surface area contributed by atoms with Crippen LogP contribution in [0.1, 0.15) is 43.2 Å². The molecule has 184 valence electrons. The van der Waals surface area contributed by atoms with Gasteiger partial charge in [0.05, 0.1) is 34.5 Å². The average Bonchev–Trinajstić information content (AvgIpc) is 3.46. The fraction of sp³-hybridized carbons (Fsp3) is 0.423. The van der Waals surface area contributed by atoms with Gasteiger partial charge in [-0.2, -0.15) is 5.10 Å². The number of aromatic nitrogens is 5. The molecule has 0 radical (unpaired) electrons. The van der Waals surface area contributed by atoms with E-state index in [4.69, 9.17) is 16.6 Å². The highest BCUT2D eigenvalue weighted by atomic mass is 35.5. The van der Waals surface area contributed by atoms with E-state index in [0.717, 1.165) is 35.4 Å². The van der Waals surface area contributed by atoms with Gasteiger partial charge in [0, 0.05) is 18.9 Å². The highest BCUT2D eigenvalue weighted by Crippen LogP contribution is 2.33. The van der Waals surface area contributed by atoms with Gasteiger partial charge in [0.1, 0.15) is 11.4 Å². The second-order valence-electron chi connectivity index (χ2n) is 9.38. The van der Waals surface area contributed by atoms with Crippen molar-refractivity contribution in [1.29, 1.82) is 0 Å². The van der Waals surface area contributed by atoms with E-state index in [2.05, 4.69) is 51.3 Å². The number of nitrogens with zero attached hydrogens (tertiary/aromatic N) is 4. The fourth-order valence-corrected chi connectivity index (χ4v) is 5.26. The van der Waals surface area contributed by atoms with Gasteiger partial charge in [0.25, 0.3) is 5.56 Å². The van der Waals surface area contributed by atoms with Crippen LogP contribution in [0.5, 0.6) is 0 Å². The number of hydrogen-bond donors (Lipinski definition) is 3. The number of pyridine rings is 1. The smallest absolute Gasteiger partial charge is 0.261 e. The van der Waals surface area contributed by atoms with Crippen LogP contribution in [0.4, 0.5) is 5.69 Å². The Balaban J connectivity index is 1.39. The average molecular weight is 494 g/mol. The molecule has 4 aromatic rings. The van der Waals surface area contributed by atoms with E-state index in [0.29, 0.717) is 35.4 Å². The lowest BCUT2D eigenvalue weighted by atomic mass is 9.88. The summed E-state index contributed by atoms with van der Waals surface area (Å²) in [6.07, 6.45) is 8.60. The van der Waals surface area contributed by atoms with Gasteiger partial charge < -0.3 is 20.2 Å². The first-order valence-electron chi connectivity index (χ1n) is 12.4. The van der Waals surface area contributed by atoms with Crippen LogP contribution in [-0.4, -0.2) is 55.8 Å². The van der Waals surface area contributed by atoms with Gasteiger partial charge in [-0.15, -0.1) is 0 Å². The summed E-state index contributed by atoms with van der Waals surface area (Å²) in [6.45, 7) is 9.06. The number of H-pyrrole nitrogens is 2. The Labute approximate surface area is 209 Å². The number of imidazole rings is 1. The molecule has 0 spiro atoms. The summed E-state index contributed by atoms with van der Waals surface area (Å²) in [5.74, 6) is 1.13. The summed E-state index contributed by atoms with van der Waals surface area (Å²) in [4.78, 5) is 26.5. The zero-order valence-electron chi connectivity index (χ0n) is 20.3. The minimum Gasteiger partial charge on any atom is -0.382 e. The first-order valence-corrected chi connectivity index (χ1v) is 12.8. The maximum atomic E-state index is 12.8. The number of aryl methyl sites for hydroxylation is 1. The Morgan fingerprint density at radius 2 is 2.06 bits per heavy atom. The Morgan fingerprint density at radius 3 is 2.80 bits per heavy atom. The van der Waals surface area contributed by atoms with Gasteiger partial charge in [0.2, 0.25) is 0 Å². The monoisotopic (exact) mass is 493 g/mol. The van der Waals surface area contributed by atoms with E-state index in [-0.39, 0.29) is 5.56 Å². The van der Waals surface area contributed by atoms with Crippen molar-refractivity contribution in [3.8, 4) is 11.4 Å². The molecule has 1 aliphatic rings. The molecule has 1 aliphatic heterocycles. The predicted octanol–water partition coefficient (Wildman–Crippen LogP) is 4.78. The van der Waals surface area contributed by atoms with Gasteiger partial charge in [0.15, 0.2) is 0 Å². The molecule has 0 bridgehead atoms. The van der Waals surface area contributed by atoms with Crippen molar-refractivity contribution in [2.45, 2.75) is 45.6 Å². The Hall–Kier alpha value is -3.10. The lowest BCUT2D eigenvalue weighted by Crippen LogP contribution is -2.33. The molecule has 0 atom stereocenters. The van der Waals surface area contributed by atoms with Gasteiger partial charge in [-0.1, -0.05) is 24.6 Å². The number of piperidine rings is 1. The lowest BCUT2D eigenvalue weighted by Gasteiger charge is -2.32. The zero-order valence-corrected chi connectivity index (χ0v) is 21.0. The fourth-order valence-electron chi connectivity index (χ4n) is 5.11. The second-order valence-corrected chi connectivity index (χ2v) is 9.82. The molecule has 5 rings (SSSR count). The van der Waals surface area contributed by atoms with Crippen molar-refractivity contribution < 1.29 is 0 Å². The number of hydrogen-bond acceptors (Lipinski definition) is 5. The Morgan fingerprint density at radius 1 is 1.23 bits per heavy atom. The summed E-state index contributed by atoms with van der Waals surface area (Å²) in [6, 6.07) is 6.36. The quantitative estimate of drug-likeness (QED) is 0.328. The molecule has 4 heterocycles. The number of likely N-dealkylation sites (tertiary alicyclic amines) is 1. The van der Waals surface area contributed by atoms with Crippen LogP contribution < -0.4 is 10.9 Å². The Bertz CT molecular complexity index is 1360. The van der Waals surface area contributed by atoms with Crippen LogP contribution in [0, 0.1) is 6.92 Å². The van der Waals surface area contributed by atoms with Crippen molar-refractivity contribution in [3.63, 3.8) is 0 Å². The Kier molecular flexibility index (Phi) is 6.92. The second kappa shape index (κ2) is 10.3. The molecule has 9 heteroatoms. The van der Waals surface area contributed by atoms with E-state index in [9.17, 15) is 4.79 Å².